The second-order valence-corrected chi connectivity index (χ2v) is 6.67. The zero-order chi connectivity index (χ0) is 16.9. The minimum atomic E-state index is -1.07. The molecule has 0 heterocycles. The first-order valence-corrected chi connectivity index (χ1v) is 8.07. The van der Waals surface area contributed by atoms with Gasteiger partial charge in [-0.2, -0.15) is 5.10 Å². The van der Waals surface area contributed by atoms with Gasteiger partial charge in [-0.15, -0.1) is 0 Å². The van der Waals surface area contributed by atoms with Crippen molar-refractivity contribution in [2.75, 3.05) is 0 Å². The summed E-state index contributed by atoms with van der Waals surface area (Å²) in [5.74, 6) is 0.212. The first kappa shape index (κ1) is 17.5. The van der Waals surface area contributed by atoms with E-state index >= 15 is 0 Å². The van der Waals surface area contributed by atoms with Gasteiger partial charge in [0.1, 0.15) is 5.75 Å². The molecule has 1 amide bonds. The second kappa shape index (κ2) is 7.62. The number of carbonyl (C=O) groups is 1. The highest BCUT2D eigenvalue weighted by Crippen LogP contribution is 2.21. The number of benzene rings is 2. The SMILES string of the molecule is CC(C)(Oc1ccc(Cl)cc1)C(=O)N/N=C/c1cccc(Br)c1. The molecule has 0 atom stereocenters. The fraction of sp³-hybridized carbons (Fsp3) is 0.176. The van der Waals surface area contributed by atoms with Crippen LogP contribution in [0.15, 0.2) is 58.1 Å². The van der Waals surface area contributed by atoms with Gasteiger partial charge in [0.15, 0.2) is 5.60 Å². The Morgan fingerprint density at radius 1 is 1.26 bits per heavy atom. The summed E-state index contributed by atoms with van der Waals surface area (Å²) >= 11 is 9.20. The van der Waals surface area contributed by atoms with E-state index in [9.17, 15) is 4.79 Å². The molecule has 6 heteroatoms. The van der Waals surface area contributed by atoms with Gasteiger partial charge in [-0.25, -0.2) is 5.43 Å². The minimum absolute atomic E-state index is 0.348. The van der Waals surface area contributed by atoms with Crippen LogP contribution in [0.5, 0.6) is 5.75 Å². The van der Waals surface area contributed by atoms with Crippen LogP contribution >= 0.6 is 27.5 Å². The Hall–Kier alpha value is -1.85. The zero-order valence-corrected chi connectivity index (χ0v) is 15.1. The fourth-order valence-corrected chi connectivity index (χ4v) is 2.27. The lowest BCUT2D eigenvalue weighted by molar-refractivity contribution is -0.134. The minimum Gasteiger partial charge on any atom is -0.478 e. The Morgan fingerprint density at radius 3 is 2.61 bits per heavy atom. The van der Waals surface area contributed by atoms with Gasteiger partial charge in [-0.05, 0) is 55.8 Å². The predicted octanol–water partition coefficient (Wildman–Crippen LogP) is 4.41. The first-order chi connectivity index (χ1) is 10.9. The van der Waals surface area contributed by atoms with Crippen molar-refractivity contribution in [2.45, 2.75) is 19.4 Å². The summed E-state index contributed by atoms with van der Waals surface area (Å²) in [6.07, 6.45) is 1.57. The van der Waals surface area contributed by atoms with Crippen LogP contribution in [-0.4, -0.2) is 17.7 Å². The maximum atomic E-state index is 12.2. The van der Waals surface area contributed by atoms with E-state index < -0.39 is 5.60 Å². The van der Waals surface area contributed by atoms with Gasteiger partial charge in [0.05, 0.1) is 6.21 Å². The van der Waals surface area contributed by atoms with Crippen LogP contribution in [0, 0.1) is 0 Å². The Bertz CT molecular complexity index is 715. The van der Waals surface area contributed by atoms with E-state index in [1.807, 2.05) is 24.3 Å². The highest BCUT2D eigenvalue weighted by molar-refractivity contribution is 9.10. The largest absolute Gasteiger partial charge is 0.478 e. The summed E-state index contributed by atoms with van der Waals surface area (Å²) in [6, 6.07) is 14.4. The van der Waals surface area contributed by atoms with Gasteiger partial charge >= 0.3 is 0 Å². The molecule has 2 rings (SSSR count). The topological polar surface area (TPSA) is 50.7 Å². The lowest BCUT2D eigenvalue weighted by Crippen LogP contribution is -2.44. The molecule has 0 radical (unpaired) electrons. The summed E-state index contributed by atoms with van der Waals surface area (Å²) < 4.78 is 6.63. The summed E-state index contributed by atoms with van der Waals surface area (Å²) in [5, 5.41) is 4.57. The molecule has 0 aliphatic rings. The third-order valence-electron chi connectivity index (χ3n) is 2.96. The number of nitrogens with zero attached hydrogens (tertiary/aromatic N) is 1. The van der Waals surface area contributed by atoms with Crippen molar-refractivity contribution in [3.05, 3.63) is 63.6 Å². The van der Waals surface area contributed by atoms with Gasteiger partial charge in [0, 0.05) is 9.50 Å². The Morgan fingerprint density at radius 2 is 1.96 bits per heavy atom. The molecule has 0 saturated heterocycles. The monoisotopic (exact) mass is 394 g/mol. The Kier molecular flexibility index (Phi) is 5.80. The van der Waals surface area contributed by atoms with Gasteiger partial charge in [0.25, 0.3) is 5.91 Å². The highest BCUT2D eigenvalue weighted by Gasteiger charge is 2.29. The molecule has 0 unspecified atom stereocenters. The van der Waals surface area contributed by atoms with Crippen LogP contribution in [0.1, 0.15) is 19.4 Å². The molecule has 2 aromatic carbocycles. The summed E-state index contributed by atoms with van der Waals surface area (Å²) in [4.78, 5) is 12.2. The quantitative estimate of drug-likeness (QED) is 0.602. The smallest absolute Gasteiger partial charge is 0.283 e. The van der Waals surface area contributed by atoms with Crippen molar-refractivity contribution in [1.82, 2.24) is 5.43 Å². The van der Waals surface area contributed by atoms with Crippen molar-refractivity contribution in [3.63, 3.8) is 0 Å². The van der Waals surface area contributed by atoms with E-state index in [4.69, 9.17) is 16.3 Å². The van der Waals surface area contributed by atoms with Crippen molar-refractivity contribution in [2.24, 2.45) is 5.10 Å². The third kappa shape index (κ3) is 5.37. The molecule has 0 spiro atoms. The van der Waals surface area contributed by atoms with Crippen molar-refractivity contribution in [1.29, 1.82) is 0 Å². The summed E-state index contributed by atoms with van der Waals surface area (Å²) in [6.45, 7) is 3.34. The van der Waals surface area contributed by atoms with E-state index in [-0.39, 0.29) is 5.91 Å². The molecule has 1 N–H and O–H groups in total. The van der Waals surface area contributed by atoms with E-state index in [0.717, 1.165) is 10.0 Å². The number of hydrogen-bond donors (Lipinski definition) is 1. The molecule has 0 aliphatic heterocycles. The maximum Gasteiger partial charge on any atom is 0.283 e. The molecule has 0 fully saturated rings. The second-order valence-electron chi connectivity index (χ2n) is 5.32. The molecule has 2 aromatic rings. The average Bonchev–Trinajstić information content (AvgIpc) is 2.49. The van der Waals surface area contributed by atoms with E-state index in [1.165, 1.54) is 0 Å². The molecule has 0 bridgehead atoms. The predicted molar refractivity (Wildman–Crippen MR) is 96.0 cm³/mol. The number of ether oxygens (including phenoxy) is 1. The van der Waals surface area contributed by atoms with Crippen LogP contribution in [0.3, 0.4) is 0 Å². The van der Waals surface area contributed by atoms with Crippen LogP contribution < -0.4 is 10.2 Å². The van der Waals surface area contributed by atoms with Crippen LogP contribution in [0.4, 0.5) is 0 Å². The summed E-state index contributed by atoms with van der Waals surface area (Å²) in [5.41, 5.74) is 2.29. The number of halogens is 2. The highest BCUT2D eigenvalue weighted by atomic mass is 79.9. The number of hydrazone groups is 1. The lowest BCUT2D eigenvalue weighted by atomic mass is 10.1. The molecule has 4 nitrogen and oxygen atoms in total. The van der Waals surface area contributed by atoms with Gasteiger partial charge in [-0.3, -0.25) is 4.79 Å². The number of hydrogen-bond acceptors (Lipinski definition) is 3. The van der Waals surface area contributed by atoms with Gasteiger partial charge in [-0.1, -0.05) is 39.7 Å². The number of carbonyl (C=O) groups excluding carboxylic acids is 1. The number of rotatable bonds is 5. The zero-order valence-electron chi connectivity index (χ0n) is 12.7. The molecule has 0 saturated carbocycles. The average molecular weight is 396 g/mol. The van der Waals surface area contributed by atoms with E-state index in [2.05, 4.69) is 26.5 Å². The van der Waals surface area contributed by atoms with Crippen LogP contribution in [0.25, 0.3) is 0 Å². The first-order valence-electron chi connectivity index (χ1n) is 6.90. The van der Waals surface area contributed by atoms with E-state index in [1.54, 1.807) is 44.3 Å². The van der Waals surface area contributed by atoms with Crippen molar-refractivity contribution < 1.29 is 9.53 Å². The maximum absolute atomic E-state index is 12.2. The molecular weight excluding hydrogens is 380 g/mol. The normalized spacial score (nSPS) is 11.5. The fourth-order valence-electron chi connectivity index (χ4n) is 1.73. The molecule has 0 aliphatic carbocycles. The molecule has 23 heavy (non-hydrogen) atoms. The van der Waals surface area contributed by atoms with Crippen LogP contribution in [0.2, 0.25) is 5.02 Å². The lowest BCUT2D eigenvalue weighted by Gasteiger charge is -2.24. The van der Waals surface area contributed by atoms with E-state index in [0.29, 0.717) is 10.8 Å². The molecule has 0 aromatic heterocycles. The van der Waals surface area contributed by atoms with Crippen molar-refractivity contribution in [3.8, 4) is 5.75 Å². The molecular formula is C17H16BrClN2O2. The Balaban J connectivity index is 1.96. The Labute approximate surface area is 148 Å². The third-order valence-corrected chi connectivity index (χ3v) is 3.71. The van der Waals surface area contributed by atoms with Crippen molar-refractivity contribution >= 4 is 39.7 Å². The standard InChI is InChI=1S/C17H16BrClN2O2/c1-17(2,23-15-8-6-14(19)7-9-15)16(22)21-20-11-12-4-3-5-13(18)10-12/h3-11H,1-2H3,(H,21,22)/b20-11+. The number of nitrogens with one attached hydrogen (secondary N) is 1. The molecule has 120 valence electrons. The van der Waals surface area contributed by atoms with Crippen LogP contribution in [-0.2, 0) is 4.79 Å². The number of amides is 1. The summed E-state index contributed by atoms with van der Waals surface area (Å²) in [7, 11) is 0. The van der Waals surface area contributed by atoms with Gasteiger partial charge < -0.3 is 4.74 Å². The van der Waals surface area contributed by atoms with Gasteiger partial charge in [0.2, 0.25) is 0 Å².